The summed E-state index contributed by atoms with van der Waals surface area (Å²) in [5.41, 5.74) is 9.18. The second-order valence-corrected chi connectivity index (χ2v) is 7.84. The van der Waals surface area contributed by atoms with Gasteiger partial charge in [0.15, 0.2) is 5.82 Å². The lowest BCUT2D eigenvalue weighted by Gasteiger charge is -2.33. The lowest BCUT2D eigenvalue weighted by Crippen LogP contribution is -2.39. The molecule has 3 atom stereocenters. The van der Waals surface area contributed by atoms with Crippen LogP contribution in [0.5, 0.6) is 0 Å². The van der Waals surface area contributed by atoms with E-state index in [0.29, 0.717) is 23.8 Å². The molecular formula is C23H27N5. The summed E-state index contributed by atoms with van der Waals surface area (Å²) < 4.78 is 0. The quantitative estimate of drug-likeness (QED) is 0.707. The molecule has 2 heterocycles. The summed E-state index contributed by atoms with van der Waals surface area (Å²) in [7, 11) is 0. The van der Waals surface area contributed by atoms with Gasteiger partial charge in [0.1, 0.15) is 5.82 Å². The molecule has 0 aliphatic heterocycles. The van der Waals surface area contributed by atoms with Gasteiger partial charge in [-0.2, -0.15) is 0 Å². The van der Waals surface area contributed by atoms with E-state index in [1.165, 1.54) is 5.56 Å². The van der Waals surface area contributed by atoms with Gasteiger partial charge in [0.2, 0.25) is 0 Å². The monoisotopic (exact) mass is 373 g/mol. The van der Waals surface area contributed by atoms with Crippen molar-refractivity contribution in [2.45, 2.75) is 45.2 Å². The molecule has 4 rings (SSSR count). The zero-order chi connectivity index (χ0) is 19.5. The van der Waals surface area contributed by atoms with Crippen LogP contribution in [0.4, 0.5) is 5.82 Å². The number of rotatable bonds is 4. The van der Waals surface area contributed by atoms with Crippen LogP contribution in [0.3, 0.4) is 0 Å². The van der Waals surface area contributed by atoms with Crippen molar-refractivity contribution in [3.63, 3.8) is 0 Å². The summed E-state index contributed by atoms with van der Waals surface area (Å²) >= 11 is 0. The van der Waals surface area contributed by atoms with E-state index < -0.39 is 0 Å². The molecule has 28 heavy (non-hydrogen) atoms. The summed E-state index contributed by atoms with van der Waals surface area (Å²) in [6.45, 7) is 4.37. The highest BCUT2D eigenvalue weighted by Gasteiger charge is 2.26. The molecule has 5 nitrogen and oxygen atoms in total. The van der Waals surface area contributed by atoms with Crippen molar-refractivity contribution >= 4 is 28.9 Å². The Morgan fingerprint density at radius 1 is 1.11 bits per heavy atom. The molecule has 1 aromatic carbocycles. The molecule has 144 valence electrons. The van der Waals surface area contributed by atoms with Gasteiger partial charge in [0, 0.05) is 23.7 Å². The Hall–Kier alpha value is -2.79. The van der Waals surface area contributed by atoms with Gasteiger partial charge in [0.05, 0.1) is 11.2 Å². The molecule has 1 aliphatic carbocycles. The zero-order valence-electron chi connectivity index (χ0n) is 16.5. The van der Waals surface area contributed by atoms with E-state index in [1.807, 2.05) is 30.4 Å². The topological polar surface area (TPSA) is 76.7 Å². The van der Waals surface area contributed by atoms with Crippen LogP contribution in [0.2, 0.25) is 0 Å². The van der Waals surface area contributed by atoms with Crippen LogP contribution in [0.25, 0.3) is 23.1 Å². The number of nitrogens with one attached hydrogen (secondary N) is 1. The second kappa shape index (κ2) is 8.07. The number of benzene rings is 1. The van der Waals surface area contributed by atoms with Gasteiger partial charge in [-0.3, -0.25) is 4.98 Å². The van der Waals surface area contributed by atoms with Crippen LogP contribution in [0.1, 0.15) is 43.3 Å². The Kier molecular flexibility index (Phi) is 5.35. The van der Waals surface area contributed by atoms with Crippen molar-refractivity contribution in [2.75, 3.05) is 5.32 Å². The number of pyridine rings is 1. The van der Waals surface area contributed by atoms with Crippen molar-refractivity contribution in [3.05, 3.63) is 59.7 Å². The van der Waals surface area contributed by atoms with Gasteiger partial charge in [0.25, 0.3) is 0 Å². The van der Waals surface area contributed by atoms with Crippen molar-refractivity contribution < 1.29 is 0 Å². The predicted octanol–water partition coefficient (Wildman–Crippen LogP) is 4.43. The first-order chi connectivity index (χ1) is 13.6. The van der Waals surface area contributed by atoms with E-state index >= 15 is 0 Å². The van der Waals surface area contributed by atoms with Gasteiger partial charge >= 0.3 is 0 Å². The van der Waals surface area contributed by atoms with Gasteiger partial charge in [-0.1, -0.05) is 24.6 Å². The molecule has 0 unspecified atom stereocenters. The van der Waals surface area contributed by atoms with E-state index in [0.717, 1.165) is 41.7 Å². The van der Waals surface area contributed by atoms with Gasteiger partial charge in [-0.15, -0.1) is 0 Å². The van der Waals surface area contributed by atoms with E-state index in [-0.39, 0.29) is 0 Å². The highest BCUT2D eigenvalue weighted by molar-refractivity contribution is 5.90. The fraction of sp³-hybridized carbons (Fsp3) is 0.348. The Labute approximate surface area is 166 Å². The average Bonchev–Trinajstić information content (AvgIpc) is 2.69. The van der Waals surface area contributed by atoms with E-state index in [4.69, 9.17) is 15.7 Å². The summed E-state index contributed by atoms with van der Waals surface area (Å²) in [5, 5.41) is 4.77. The summed E-state index contributed by atoms with van der Waals surface area (Å²) in [5.74, 6) is 2.11. The van der Waals surface area contributed by atoms with Gasteiger partial charge in [-0.25, -0.2) is 9.97 Å². The van der Waals surface area contributed by atoms with Crippen LogP contribution >= 0.6 is 0 Å². The molecule has 1 fully saturated rings. The Balaban J connectivity index is 1.69. The van der Waals surface area contributed by atoms with Crippen LogP contribution in [-0.2, 0) is 0 Å². The van der Waals surface area contributed by atoms with Crippen molar-refractivity contribution in [2.24, 2.45) is 11.7 Å². The highest BCUT2D eigenvalue weighted by atomic mass is 15.1. The third kappa shape index (κ3) is 4.20. The summed E-state index contributed by atoms with van der Waals surface area (Å²) in [4.78, 5) is 13.9. The number of fused-ring (bicyclic) bond motifs is 1. The number of hydrogen-bond donors (Lipinski definition) is 2. The average molecular weight is 374 g/mol. The van der Waals surface area contributed by atoms with Crippen LogP contribution < -0.4 is 11.1 Å². The minimum atomic E-state index is 0.314. The number of aromatic nitrogens is 3. The van der Waals surface area contributed by atoms with E-state index in [2.05, 4.69) is 42.3 Å². The maximum Gasteiger partial charge on any atom is 0.155 e. The molecule has 0 amide bonds. The lowest BCUT2D eigenvalue weighted by atomic mass is 9.83. The molecular weight excluding hydrogens is 346 g/mol. The van der Waals surface area contributed by atoms with E-state index in [1.54, 1.807) is 6.20 Å². The third-order valence-electron chi connectivity index (χ3n) is 5.49. The largest absolute Gasteiger partial charge is 0.366 e. The molecule has 0 saturated heterocycles. The molecule has 5 heteroatoms. The number of nitrogens with two attached hydrogens (primary N) is 1. The number of anilines is 1. The smallest absolute Gasteiger partial charge is 0.155 e. The van der Waals surface area contributed by atoms with Crippen molar-refractivity contribution in [1.29, 1.82) is 0 Å². The maximum atomic E-state index is 6.14. The summed E-state index contributed by atoms with van der Waals surface area (Å²) in [6, 6.07) is 12.9. The maximum absolute atomic E-state index is 6.14. The second-order valence-electron chi connectivity index (χ2n) is 7.84. The Morgan fingerprint density at radius 2 is 2.00 bits per heavy atom. The molecule has 0 bridgehead atoms. The SMILES string of the molecule is Cc1ccc2nc(C=Cc3ccccn3)nc(N[C@H]3CC[C@@H](N)C[C@H]3C)c2c1. The fourth-order valence-corrected chi connectivity index (χ4v) is 3.91. The number of nitrogens with zero attached hydrogens (tertiary/aromatic N) is 3. The predicted molar refractivity (Wildman–Crippen MR) is 116 cm³/mol. The molecule has 2 aromatic heterocycles. The molecule has 1 saturated carbocycles. The van der Waals surface area contributed by atoms with Crippen molar-refractivity contribution in [3.8, 4) is 0 Å². The fourth-order valence-electron chi connectivity index (χ4n) is 3.91. The van der Waals surface area contributed by atoms with Crippen LogP contribution in [-0.4, -0.2) is 27.0 Å². The molecule has 0 radical (unpaired) electrons. The first kappa shape index (κ1) is 18.6. The Morgan fingerprint density at radius 3 is 2.79 bits per heavy atom. The Bertz CT molecular complexity index is 983. The normalized spacial score (nSPS) is 22.6. The highest BCUT2D eigenvalue weighted by Crippen LogP contribution is 2.29. The number of aryl methyl sites for hydroxylation is 1. The molecule has 1 aliphatic rings. The van der Waals surface area contributed by atoms with Gasteiger partial charge < -0.3 is 11.1 Å². The molecule has 0 spiro atoms. The lowest BCUT2D eigenvalue weighted by molar-refractivity contribution is 0.314. The van der Waals surface area contributed by atoms with Crippen molar-refractivity contribution in [1.82, 2.24) is 15.0 Å². The minimum Gasteiger partial charge on any atom is -0.366 e. The van der Waals surface area contributed by atoms with Crippen LogP contribution in [0.15, 0.2) is 42.6 Å². The van der Waals surface area contributed by atoms with Gasteiger partial charge in [-0.05, 0) is 68.5 Å². The summed E-state index contributed by atoms with van der Waals surface area (Å²) in [6.07, 6.45) is 8.82. The standard InChI is InChI=1S/C23H27N5/c1-15-6-9-21-19(13-15)23(27-20-10-7-17(24)14-16(20)2)28-22(26-21)11-8-18-5-3-4-12-25-18/h3-6,8-9,11-13,16-17,20H,7,10,14,24H2,1-2H3,(H,26,27,28)/t16-,17-,20+/m1/s1. The first-order valence-electron chi connectivity index (χ1n) is 9.98. The molecule has 3 aromatic rings. The van der Waals surface area contributed by atoms with Crippen LogP contribution in [0, 0.1) is 12.8 Å². The molecule has 3 N–H and O–H groups in total. The van der Waals surface area contributed by atoms with E-state index in [9.17, 15) is 0 Å². The zero-order valence-corrected chi connectivity index (χ0v) is 16.5. The minimum absolute atomic E-state index is 0.314. The first-order valence-corrected chi connectivity index (χ1v) is 9.98. The third-order valence-corrected chi connectivity index (χ3v) is 5.49. The number of hydrogen-bond acceptors (Lipinski definition) is 5.